The van der Waals surface area contributed by atoms with E-state index in [1.165, 1.54) is 4.80 Å². The monoisotopic (exact) mass is 431 g/mol. The molecule has 0 amide bonds. The molecule has 3 aromatic rings. The van der Waals surface area contributed by atoms with Crippen molar-refractivity contribution in [1.29, 1.82) is 0 Å². The first kappa shape index (κ1) is 23.3. The molecule has 2 N–H and O–H groups in total. The molecule has 1 aromatic heterocycles. The van der Waals surface area contributed by atoms with Crippen molar-refractivity contribution in [3.05, 3.63) is 54.1 Å². The van der Waals surface area contributed by atoms with Crippen molar-refractivity contribution in [2.24, 2.45) is 11.1 Å². The summed E-state index contributed by atoms with van der Waals surface area (Å²) in [5, 5.41) is 12.7. The molecule has 1 heterocycles. The zero-order valence-corrected chi connectivity index (χ0v) is 18.1. The van der Waals surface area contributed by atoms with Crippen LogP contribution in [0.5, 0.6) is 11.5 Å². The number of nitrogens with zero attached hydrogens (tertiary/aromatic N) is 4. The number of tetrazole rings is 1. The van der Waals surface area contributed by atoms with E-state index in [9.17, 15) is 4.79 Å². The number of esters is 1. The van der Waals surface area contributed by atoms with Gasteiger partial charge >= 0.3 is 5.97 Å². The molecule has 0 bridgehead atoms. The van der Waals surface area contributed by atoms with E-state index in [0.29, 0.717) is 31.3 Å². The maximum Gasteiger partial charge on any atom is 0.316 e. The van der Waals surface area contributed by atoms with Gasteiger partial charge < -0.3 is 15.2 Å². The first-order valence-corrected chi connectivity index (χ1v) is 9.38. The molecular weight excluding hydrogens is 406 g/mol. The third-order valence-electron chi connectivity index (χ3n) is 4.05. The molecule has 0 saturated heterocycles. The lowest BCUT2D eigenvalue weighted by atomic mass is 9.97. The van der Waals surface area contributed by atoms with Crippen LogP contribution in [-0.2, 0) is 11.3 Å². The van der Waals surface area contributed by atoms with Gasteiger partial charge in [0, 0.05) is 17.7 Å². The minimum Gasteiger partial charge on any atom is -0.492 e. The average molecular weight is 432 g/mol. The van der Waals surface area contributed by atoms with E-state index < -0.39 is 5.41 Å². The van der Waals surface area contributed by atoms with Crippen LogP contribution in [-0.4, -0.2) is 39.3 Å². The van der Waals surface area contributed by atoms with E-state index in [1.54, 1.807) is 24.3 Å². The number of carbonyl (C=O) groups is 1. The topological polar surface area (TPSA) is 105 Å². The van der Waals surface area contributed by atoms with Gasteiger partial charge in [-0.15, -0.1) is 22.6 Å². The van der Waals surface area contributed by atoms with E-state index in [1.807, 2.05) is 45.0 Å². The second kappa shape index (κ2) is 10.2. The molecule has 0 aliphatic rings. The fraction of sp³-hybridized carbons (Fsp3) is 0.333. The predicted octanol–water partition coefficient (Wildman–Crippen LogP) is 3.10. The van der Waals surface area contributed by atoms with Crippen LogP contribution in [0, 0.1) is 5.41 Å². The highest BCUT2D eigenvalue weighted by atomic mass is 35.5. The smallest absolute Gasteiger partial charge is 0.316 e. The van der Waals surface area contributed by atoms with E-state index in [0.717, 1.165) is 16.9 Å². The Morgan fingerprint density at radius 1 is 1.10 bits per heavy atom. The third kappa shape index (κ3) is 6.01. The van der Waals surface area contributed by atoms with Gasteiger partial charge in [-0.1, -0.05) is 18.2 Å². The zero-order chi connectivity index (χ0) is 20.9. The highest BCUT2D eigenvalue weighted by Crippen LogP contribution is 2.23. The van der Waals surface area contributed by atoms with Crippen LogP contribution in [0.4, 0.5) is 0 Å². The molecule has 0 spiro atoms. The van der Waals surface area contributed by atoms with Crippen molar-refractivity contribution < 1.29 is 14.3 Å². The fourth-order valence-electron chi connectivity index (χ4n) is 2.45. The van der Waals surface area contributed by atoms with Crippen molar-refractivity contribution >= 4 is 18.4 Å². The second-order valence-electron chi connectivity index (χ2n) is 7.55. The molecule has 30 heavy (non-hydrogen) atoms. The summed E-state index contributed by atoms with van der Waals surface area (Å²) in [6.45, 7) is 6.75. The normalized spacial score (nSPS) is 10.9. The van der Waals surface area contributed by atoms with Gasteiger partial charge in [0.2, 0.25) is 5.82 Å². The van der Waals surface area contributed by atoms with Gasteiger partial charge in [-0.05, 0) is 56.3 Å². The molecule has 0 atom stereocenters. The number of hydrogen-bond donors (Lipinski definition) is 1. The SMILES string of the molecule is CC(C)(C)C(=O)Oc1ccc(-c2nnn(Cc3ccccc3OCCN)n2)cc1.Cl. The van der Waals surface area contributed by atoms with Crippen molar-refractivity contribution in [2.45, 2.75) is 27.3 Å². The number of para-hydroxylation sites is 1. The van der Waals surface area contributed by atoms with Gasteiger partial charge in [0.1, 0.15) is 18.1 Å². The number of hydrogen-bond acceptors (Lipinski definition) is 7. The molecule has 0 unspecified atom stereocenters. The standard InChI is InChI=1S/C21H25N5O3.ClH/c1-21(2,3)20(27)29-17-10-8-15(9-11-17)19-23-25-26(24-19)14-16-6-4-5-7-18(16)28-13-12-22;/h4-11H,12-14,22H2,1-3H3;1H. The van der Waals surface area contributed by atoms with Gasteiger partial charge in [0.05, 0.1) is 12.0 Å². The summed E-state index contributed by atoms with van der Waals surface area (Å²) < 4.78 is 11.0. The van der Waals surface area contributed by atoms with E-state index >= 15 is 0 Å². The average Bonchev–Trinajstić information content (AvgIpc) is 3.15. The maximum atomic E-state index is 12.0. The predicted molar refractivity (Wildman–Crippen MR) is 116 cm³/mol. The summed E-state index contributed by atoms with van der Waals surface area (Å²) in [7, 11) is 0. The molecule has 0 aliphatic heterocycles. The van der Waals surface area contributed by atoms with Gasteiger partial charge in [-0.2, -0.15) is 4.80 Å². The lowest BCUT2D eigenvalue weighted by Gasteiger charge is -2.16. The van der Waals surface area contributed by atoms with Crippen molar-refractivity contribution in [2.75, 3.05) is 13.2 Å². The lowest BCUT2D eigenvalue weighted by Crippen LogP contribution is -2.25. The van der Waals surface area contributed by atoms with Crippen LogP contribution in [0.15, 0.2) is 48.5 Å². The third-order valence-corrected chi connectivity index (χ3v) is 4.05. The summed E-state index contributed by atoms with van der Waals surface area (Å²) in [6.07, 6.45) is 0. The van der Waals surface area contributed by atoms with Crippen LogP contribution >= 0.6 is 12.4 Å². The highest BCUT2D eigenvalue weighted by molar-refractivity contribution is 5.85. The van der Waals surface area contributed by atoms with Crippen LogP contribution in [0.2, 0.25) is 0 Å². The second-order valence-corrected chi connectivity index (χ2v) is 7.55. The Bertz CT molecular complexity index is 967. The van der Waals surface area contributed by atoms with Crippen molar-refractivity contribution in [1.82, 2.24) is 20.2 Å². The first-order valence-electron chi connectivity index (χ1n) is 9.38. The Hall–Kier alpha value is -2.97. The summed E-state index contributed by atoms with van der Waals surface area (Å²) in [6, 6.07) is 14.7. The molecule has 0 saturated carbocycles. The number of nitrogens with two attached hydrogens (primary N) is 1. The fourth-order valence-corrected chi connectivity index (χ4v) is 2.45. The summed E-state index contributed by atoms with van der Waals surface area (Å²) in [5.41, 5.74) is 6.67. The van der Waals surface area contributed by atoms with E-state index in [-0.39, 0.29) is 18.4 Å². The number of rotatable bonds is 7. The lowest BCUT2D eigenvalue weighted by molar-refractivity contribution is -0.142. The summed E-state index contributed by atoms with van der Waals surface area (Å²) in [4.78, 5) is 13.5. The van der Waals surface area contributed by atoms with Gasteiger partial charge in [-0.3, -0.25) is 4.79 Å². The zero-order valence-electron chi connectivity index (χ0n) is 17.2. The first-order chi connectivity index (χ1) is 13.9. The van der Waals surface area contributed by atoms with Gasteiger partial charge in [0.15, 0.2) is 0 Å². The number of ether oxygens (including phenoxy) is 2. The Balaban J connectivity index is 0.00000320. The molecule has 160 valence electrons. The molecule has 0 radical (unpaired) electrons. The Kier molecular flexibility index (Phi) is 7.91. The Labute approximate surface area is 181 Å². The number of carbonyl (C=O) groups excluding carboxylic acids is 1. The molecule has 8 nitrogen and oxygen atoms in total. The minimum atomic E-state index is -0.562. The van der Waals surface area contributed by atoms with Crippen LogP contribution < -0.4 is 15.2 Å². The van der Waals surface area contributed by atoms with Gasteiger partial charge in [0.25, 0.3) is 0 Å². The van der Waals surface area contributed by atoms with E-state index in [4.69, 9.17) is 15.2 Å². The van der Waals surface area contributed by atoms with E-state index in [2.05, 4.69) is 15.4 Å². The molecule has 3 rings (SSSR count). The number of benzene rings is 2. The number of aromatic nitrogens is 4. The summed E-state index contributed by atoms with van der Waals surface area (Å²) >= 11 is 0. The van der Waals surface area contributed by atoms with Crippen LogP contribution in [0.1, 0.15) is 26.3 Å². The van der Waals surface area contributed by atoms with Crippen LogP contribution in [0.25, 0.3) is 11.4 Å². The van der Waals surface area contributed by atoms with Crippen LogP contribution in [0.3, 0.4) is 0 Å². The number of halogens is 1. The Morgan fingerprint density at radius 3 is 2.47 bits per heavy atom. The maximum absolute atomic E-state index is 12.0. The van der Waals surface area contributed by atoms with Gasteiger partial charge in [-0.25, -0.2) is 0 Å². The quantitative estimate of drug-likeness (QED) is 0.452. The molecule has 9 heteroatoms. The minimum absolute atomic E-state index is 0. The molecule has 0 aliphatic carbocycles. The largest absolute Gasteiger partial charge is 0.492 e. The summed E-state index contributed by atoms with van der Waals surface area (Å²) in [5.74, 6) is 1.43. The Morgan fingerprint density at radius 2 is 1.80 bits per heavy atom. The molecule has 0 fully saturated rings. The van der Waals surface area contributed by atoms with Crippen molar-refractivity contribution in [3.63, 3.8) is 0 Å². The molecule has 2 aromatic carbocycles. The molecular formula is C21H26ClN5O3. The van der Waals surface area contributed by atoms with Crippen molar-refractivity contribution in [3.8, 4) is 22.9 Å². The highest BCUT2D eigenvalue weighted by Gasteiger charge is 2.23.